The van der Waals surface area contributed by atoms with E-state index in [9.17, 15) is 0 Å². The van der Waals surface area contributed by atoms with Crippen molar-refractivity contribution in [3.63, 3.8) is 0 Å². The summed E-state index contributed by atoms with van der Waals surface area (Å²) in [5, 5.41) is 0. The van der Waals surface area contributed by atoms with Crippen LogP contribution >= 0.6 is 0 Å². The van der Waals surface area contributed by atoms with E-state index < -0.39 is 0 Å². The van der Waals surface area contributed by atoms with Crippen molar-refractivity contribution in [1.29, 1.82) is 0 Å². The average Bonchev–Trinajstić information content (AvgIpc) is 2.56. The van der Waals surface area contributed by atoms with E-state index in [4.69, 9.17) is 4.74 Å². The zero-order chi connectivity index (χ0) is 14.7. The van der Waals surface area contributed by atoms with Crippen LogP contribution in [0.15, 0.2) is 60.8 Å². The van der Waals surface area contributed by atoms with Crippen molar-refractivity contribution in [3.05, 3.63) is 66.4 Å². The number of methoxy groups -OCH3 is 1. The number of hydrogen-bond donors (Lipinski definition) is 0. The van der Waals surface area contributed by atoms with Gasteiger partial charge in [-0.25, -0.2) is 4.98 Å². The van der Waals surface area contributed by atoms with Crippen LogP contribution in [0, 0.1) is 6.92 Å². The van der Waals surface area contributed by atoms with Crippen molar-refractivity contribution in [2.24, 2.45) is 0 Å². The first-order valence-corrected chi connectivity index (χ1v) is 6.81. The van der Waals surface area contributed by atoms with Crippen molar-refractivity contribution in [1.82, 2.24) is 9.97 Å². The fourth-order valence-electron chi connectivity index (χ4n) is 2.21. The minimum Gasteiger partial charge on any atom is -0.481 e. The fraction of sp³-hybridized carbons (Fsp3) is 0.111. The van der Waals surface area contributed by atoms with Crippen LogP contribution in [-0.4, -0.2) is 17.1 Å². The molecule has 3 heteroatoms. The van der Waals surface area contributed by atoms with Crippen molar-refractivity contribution >= 4 is 0 Å². The molecule has 2 heterocycles. The molecule has 0 amide bonds. The first kappa shape index (κ1) is 13.3. The van der Waals surface area contributed by atoms with Crippen LogP contribution in [0.4, 0.5) is 0 Å². The molecule has 21 heavy (non-hydrogen) atoms. The summed E-state index contributed by atoms with van der Waals surface area (Å²) in [7, 11) is 1.64. The van der Waals surface area contributed by atoms with Crippen LogP contribution in [-0.2, 0) is 0 Å². The number of nitrogens with zero attached hydrogens (tertiary/aromatic N) is 2. The zero-order valence-corrected chi connectivity index (χ0v) is 12.1. The predicted molar refractivity (Wildman–Crippen MR) is 84.2 cm³/mol. The molecule has 0 saturated carbocycles. The minimum atomic E-state index is 0.613. The molecule has 104 valence electrons. The summed E-state index contributed by atoms with van der Waals surface area (Å²) in [6, 6.07) is 18.1. The Balaban J connectivity index is 2.06. The highest BCUT2D eigenvalue weighted by atomic mass is 16.5. The summed E-state index contributed by atoms with van der Waals surface area (Å²) in [6.45, 7) is 2.07. The molecule has 0 saturated heterocycles. The molecule has 0 bridgehead atoms. The maximum absolute atomic E-state index is 5.45. The second-order valence-corrected chi connectivity index (χ2v) is 4.83. The van der Waals surface area contributed by atoms with E-state index in [-0.39, 0.29) is 0 Å². The van der Waals surface area contributed by atoms with E-state index in [0.29, 0.717) is 5.88 Å². The van der Waals surface area contributed by atoms with Crippen LogP contribution in [0.3, 0.4) is 0 Å². The molecule has 0 spiro atoms. The fourth-order valence-corrected chi connectivity index (χ4v) is 2.21. The van der Waals surface area contributed by atoms with Crippen LogP contribution in [0.25, 0.3) is 22.5 Å². The predicted octanol–water partition coefficient (Wildman–Crippen LogP) is 4.13. The highest BCUT2D eigenvalue weighted by Crippen LogP contribution is 2.30. The molecule has 0 N–H and O–H groups in total. The molecule has 3 rings (SSSR count). The molecule has 0 fully saturated rings. The third kappa shape index (κ3) is 2.77. The molecule has 3 nitrogen and oxygen atoms in total. The quantitative estimate of drug-likeness (QED) is 0.721. The lowest BCUT2D eigenvalue weighted by molar-refractivity contribution is 0.400. The number of aryl methyl sites for hydroxylation is 1. The van der Waals surface area contributed by atoms with Gasteiger partial charge < -0.3 is 4.74 Å². The Kier molecular flexibility index (Phi) is 3.65. The number of hydrogen-bond acceptors (Lipinski definition) is 3. The largest absolute Gasteiger partial charge is 0.481 e. The van der Waals surface area contributed by atoms with Gasteiger partial charge >= 0.3 is 0 Å². The number of rotatable bonds is 3. The molecule has 3 aromatic rings. The molecule has 2 aromatic heterocycles. The van der Waals surface area contributed by atoms with Gasteiger partial charge in [-0.1, -0.05) is 35.9 Å². The van der Waals surface area contributed by atoms with Gasteiger partial charge in [-0.2, -0.15) is 0 Å². The molecule has 1 aromatic carbocycles. The van der Waals surface area contributed by atoms with Crippen LogP contribution in [0.5, 0.6) is 5.88 Å². The number of benzene rings is 1. The summed E-state index contributed by atoms with van der Waals surface area (Å²) in [5.74, 6) is 0.613. The van der Waals surface area contributed by atoms with Crippen LogP contribution in [0.2, 0.25) is 0 Å². The lowest BCUT2D eigenvalue weighted by Gasteiger charge is -2.10. The van der Waals surface area contributed by atoms with Crippen molar-refractivity contribution in [3.8, 4) is 28.4 Å². The summed E-state index contributed by atoms with van der Waals surface area (Å²) in [4.78, 5) is 8.90. The van der Waals surface area contributed by atoms with E-state index in [1.165, 1.54) is 5.56 Å². The van der Waals surface area contributed by atoms with E-state index in [2.05, 4.69) is 41.2 Å². The topological polar surface area (TPSA) is 35.0 Å². The molecule has 0 aliphatic heterocycles. The van der Waals surface area contributed by atoms with Gasteiger partial charge in [0, 0.05) is 11.8 Å². The maximum Gasteiger partial charge on any atom is 0.221 e. The minimum absolute atomic E-state index is 0.613. The third-order valence-corrected chi connectivity index (χ3v) is 3.34. The Bertz CT molecular complexity index is 737. The summed E-state index contributed by atoms with van der Waals surface area (Å²) in [6.07, 6.45) is 1.76. The number of aromatic nitrogens is 2. The molecule has 0 aliphatic carbocycles. The van der Waals surface area contributed by atoms with Crippen molar-refractivity contribution in [2.45, 2.75) is 6.92 Å². The van der Waals surface area contributed by atoms with Gasteiger partial charge in [-0.15, -0.1) is 0 Å². The van der Waals surface area contributed by atoms with Crippen LogP contribution < -0.4 is 4.74 Å². The smallest absolute Gasteiger partial charge is 0.221 e. The van der Waals surface area contributed by atoms with Gasteiger partial charge in [-0.3, -0.25) is 4.98 Å². The first-order chi connectivity index (χ1) is 10.3. The summed E-state index contributed by atoms with van der Waals surface area (Å²) >= 11 is 0. The van der Waals surface area contributed by atoms with Gasteiger partial charge in [0.2, 0.25) is 5.88 Å². The Morgan fingerprint density at radius 2 is 1.67 bits per heavy atom. The van der Waals surface area contributed by atoms with E-state index in [1.54, 1.807) is 13.3 Å². The standard InChI is InChI=1S/C18H16N2O/c1-13-6-8-14(9-7-13)15-10-11-17(20-18(15)21-2)16-5-3-4-12-19-16/h3-12H,1-2H3. The van der Waals surface area contributed by atoms with E-state index in [1.807, 2.05) is 30.3 Å². The van der Waals surface area contributed by atoms with Gasteiger partial charge in [0.15, 0.2) is 0 Å². The molecular weight excluding hydrogens is 260 g/mol. The van der Waals surface area contributed by atoms with E-state index in [0.717, 1.165) is 22.5 Å². The monoisotopic (exact) mass is 276 g/mol. The Morgan fingerprint density at radius 1 is 0.857 bits per heavy atom. The van der Waals surface area contributed by atoms with Gasteiger partial charge in [0.25, 0.3) is 0 Å². The molecule has 0 aliphatic rings. The lowest BCUT2D eigenvalue weighted by atomic mass is 10.0. The summed E-state index contributed by atoms with van der Waals surface area (Å²) in [5.41, 5.74) is 4.96. The molecular formula is C18H16N2O. The average molecular weight is 276 g/mol. The second-order valence-electron chi connectivity index (χ2n) is 4.83. The highest BCUT2D eigenvalue weighted by molar-refractivity contribution is 5.71. The second kappa shape index (κ2) is 5.75. The number of pyridine rings is 2. The SMILES string of the molecule is COc1nc(-c2ccccn2)ccc1-c1ccc(C)cc1. The first-order valence-electron chi connectivity index (χ1n) is 6.81. The number of ether oxygens (including phenoxy) is 1. The Hall–Kier alpha value is -2.68. The molecule has 0 atom stereocenters. The van der Waals surface area contributed by atoms with E-state index >= 15 is 0 Å². The van der Waals surface area contributed by atoms with Gasteiger partial charge in [0.1, 0.15) is 0 Å². The van der Waals surface area contributed by atoms with Crippen molar-refractivity contribution < 1.29 is 4.74 Å². The maximum atomic E-state index is 5.45. The highest BCUT2D eigenvalue weighted by Gasteiger charge is 2.10. The molecule has 0 radical (unpaired) electrons. The Labute approximate surface area is 124 Å². The normalized spacial score (nSPS) is 10.4. The third-order valence-electron chi connectivity index (χ3n) is 3.34. The van der Waals surface area contributed by atoms with Crippen molar-refractivity contribution in [2.75, 3.05) is 7.11 Å². The lowest BCUT2D eigenvalue weighted by Crippen LogP contribution is -1.95. The molecule has 0 unspecified atom stereocenters. The summed E-state index contributed by atoms with van der Waals surface area (Å²) < 4.78 is 5.45. The van der Waals surface area contributed by atoms with Gasteiger partial charge in [-0.05, 0) is 36.8 Å². The zero-order valence-electron chi connectivity index (χ0n) is 12.1. The van der Waals surface area contributed by atoms with Crippen LogP contribution in [0.1, 0.15) is 5.56 Å². The Morgan fingerprint density at radius 3 is 2.33 bits per heavy atom. The van der Waals surface area contributed by atoms with Gasteiger partial charge in [0.05, 0.1) is 18.5 Å².